The number of aromatic nitrogens is 1. The van der Waals surface area contributed by atoms with Gasteiger partial charge in [-0.25, -0.2) is 0 Å². The summed E-state index contributed by atoms with van der Waals surface area (Å²) < 4.78 is 16.2. The van der Waals surface area contributed by atoms with Crippen molar-refractivity contribution in [3.05, 3.63) is 440 Å². The van der Waals surface area contributed by atoms with Gasteiger partial charge in [-0.1, -0.05) is 375 Å². The van der Waals surface area contributed by atoms with Crippen molar-refractivity contribution in [1.29, 1.82) is 0 Å². The van der Waals surface area contributed by atoms with Crippen molar-refractivity contribution in [2.75, 3.05) is 0 Å². The molecule has 0 radical (unpaired) electrons. The molecule has 3 nitrogen and oxygen atoms in total. The second-order valence-electron chi connectivity index (χ2n) is 30.5. The number of nitrogens with zero attached hydrogens (tertiary/aromatic N) is 1. The van der Waals surface area contributed by atoms with Gasteiger partial charge in [-0.15, -0.1) is 0 Å². The predicted octanol–water partition coefficient (Wildman–Crippen LogP) is 32.9. The Hall–Kier alpha value is -14.7. The molecule has 0 saturated carbocycles. The van der Waals surface area contributed by atoms with Gasteiger partial charge in [0.1, 0.15) is 22.3 Å². The molecule has 0 bridgehead atoms. The molecule has 3 heterocycles. The molecule has 3 aromatic heterocycles. The second-order valence-corrected chi connectivity index (χ2v) is 31.4. The Kier molecular flexibility index (Phi) is 18.0. The lowest BCUT2D eigenvalue weighted by Gasteiger charge is -2.19. The molecule has 1 aliphatic carbocycles. The number of benzene rings is 20. The fraction of sp³-hybridized carbons (Fsp3) is 0.0175. The highest BCUT2D eigenvalue weighted by atomic mass is 79.9. The van der Waals surface area contributed by atoms with E-state index in [1.165, 1.54) is 170 Å². The minimum Gasteiger partial charge on any atom is -0.455 e. The van der Waals surface area contributed by atoms with Crippen molar-refractivity contribution in [2.45, 2.75) is 13.8 Å². The molecule has 23 aromatic rings. The number of hydrogen-bond donors (Lipinski definition) is 0. The van der Waals surface area contributed by atoms with Crippen LogP contribution in [0, 0.1) is 0 Å². The number of rotatable bonds is 9. The van der Waals surface area contributed by atoms with Crippen molar-refractivity contribution in [2.24, 2.45) is 0 Å². The molecule has 4 heteroatoms. The minimum absolute atomic E-state index is 0. The van der Waals surface area contributed by atoms with Gasteiger partial charge in [0.2, 0.25) is 0 Å². The monoisotopic (exact) mass is 1570 g/mol. The molecule has 24 rings (SSSR count). The first kappa shape index (κ1) is 71.1. The summed E-state index contributed by atoms with van der Waals surface area (Å²) in [5, 5.41) is 17.2. The van der Waals surface area contributed by atoms with Crippen LogP contribution in [-0.4, -0.2) is 4.57 Å². The third kappa shape index (κ3) is 12.4. The maximum atomic E-state index is 6.47. The van der Waals surface area contributed by atoms with Gasteiger partial charge in [0.25, 0.3) is 0 Å². The van der Waals surface area contributed by atoms with Gasteiger partial charge in [-0.05, 0) is 222 Å². The van der Waals surface area contributed by atoms with E-state index in [9.17, 15) is 0 Å². The lowest BCUT2D eigenvalue weighted by atomic mass is 9.85. The molecular weight excluding hydrogens is 1500 g/mol. The number of furan rings is 2. The molecule has 0 fully saturated rings. The van der Waals surface area contributed by atoms with Crippen molar-refractivity contribution >= 4 is 125 Å². The number of halogens is 1. The van der Waals surface area contributed by atoms with E-state index >= 15 is 0 Å². The molecule has 0 aliphatic heterocycles. The van der Waals surface area contributed by atoms with E-state index in [0.717, 1.165) is 66.4 Å². The third-order valence-electron chi connectivity index (χ3n) is 23.8. The van der Waals surface area contributed by atoms with Crippen LogP contribution in [0.25, 0.3) is 215 Å². The number of fused-ring (bicyclic) bond motifs is 16. The number of para-hydroxylation sites is 5. The summed E-state index contributed by atoms with van der Waals surface area (Å²) in [4.78, 5) is 0. The van der Waals surface area contributed by atoms with E-state index in [1.54, 1.807) is 0 Å². The SMILES string of the molecule is Brc1cccc(-c2ccc3c(-c4ccccc4)c4ccccc4c(-c4ccccc4)c3c2)c1.C.c1ccc(-c2c3ccccc3c(-c3ccccc3)c3cc(-c4cccc(-n5c6ccccc6c6cc(-c7cccc8c7oc7ccccc78)ccc65)c4)ccc23)cc1.c1ccc2c(c1)Cc1ccc(-c3cccc4c3oc3ccccc34)cc1-2. The molecule has 556 valence electrons. The third-order valence-corrected chi connectivity index (χ3v) is 24.3. The van der Waals surface area contributed by atoms with Crippen molar-refractivity contribution in [3.63, 3.8) is 0 Å². The van der Waals surface area contributed by atoms with Gasteiger partial charge in [-0.2, -0.15) is 0 Å². The van der Waals surface area contributed by atoms with Gasteiger partial charge in [0, 0.05) is 53.6 Å². The average Bonchev–Trinajstić information content (AvgIpc) is 1.73. The van der Waals surface area contributed by atoms with Crippen LogP contribution in [0.15, 0.2) is 438 Å². The van der Waals surface area contributed by atoms with Crippen LogP contribution in [0.4, 0.5) is 0 Å². The average molecular weight is 1570 g/mol. The summed E-state index contributed by atoms with van der Waals surface area (Å²) >= 11 is 3.64. The van der Waals surface area contributed by atoms with E-state index in [-0.39, 0.29) is 7.43 Å². The van der Waals surface area contributed by atoms with Gasteiger partial charge in [0.15, 0.2) is 0 Å². The van der Waals surface area contributed by atoms with E-state index in [0.29, 0.717) is 0 Å². The highest BCUT2D eigenvalue weighted by molar-refractivity contribution is 9.10. The molecule has 0 spiro atoms. The van der Waals surface area contributed by atoms with Gasteiger partial charge in [0.05, 0.1) is 11.0 Å². The fourth-order valence-electron chi connectivity index (χ4n) is 18.5. The van der Waals surface area contributed by atoms with Crippen molar-refractivity contribution < 1.29 is 8.83 Å². The Morgan fingerprint density at radius 2 is 0.551 bits per heavy atom. The van der Waals surface area contributed by atoms with Crippen LogP contribution in [0.3, 0.4) is 0 Å². The summed E-state index contributed by atoms with van der Waals surface area (Å²) in [6.45, 7) is 0. The molecular formula is C114H76BrNO2. The first-order valence-corrected chi connectivity index (χ1v) is 40.9. The maximum absolute atomic E-state index is 6.47. The van der Waals surface area contributed by atoms with E-state index < -0.39 is 0 Å². The van der Waals surface area contributed by atoms with E-state index in [1.807, 2.05) is 24.3 Å². The van der Waals surface area contributed by atoms with E-state index in [2.05, 4.69) is 421 Å². The first-order valence-electron chi connectivity index (χ1n) is 40.1. The maximum Gasteiger partial charge on any atom is 0.143 e. The van der Waals surface area contributed by atoms with Crippen LogP contribution in [-0.2, 0) is 6.42 Å². The quantitative estimate of drug-likeness (QED) is 0.135. The lowest BCUT2D eigenvalue weighted by Crippen LogP contribution is -1.95. The summed E-state index contributed by atoms with van der Waals surface area (Å²) in [5.74, 6) is 0. The molecule has 0 atom stereocenters. The Morgan fingerprint density at radius 3 is 1.08 bits per heavy atom. The second kappa shape index (κ2) is 29.9. The Labute approximate surface area is 693 Å². The van der Waals surface area contributed by atoms with E-state index in [4.69, 9.17) is 8.83 Å². The largest absolute Gasteiger partial charge is 0.455 e. The molecule has 1 aliphatic rings. The molecule has 0 unspecified atom stereocenters. The summed E-state index contributed by atoms with van der Waals surface area (Å²) in [5.41, 5.74) is 32.2. The topological polar surface area (TPSA) is 31.2 Å². The van der Waals surface area contributed by atoms with Crippen LogP contribution < -0.4 is 0 Å². The molecule has 20 aromatic carbocycles. The normalized spacial score (nSPS) is 11.7. The van der Waals surface area contributed by atoms with Gasteiger partial charge < -0.3 is 13.4 Å². The Bertz CT molecular complexity index is 7850. The minimum atomic E-state index is 0. The molecule has 0 amide bonds. The predicted molar refractivity (Wildman–Crippen MR) is 504 cm³/mol. The standard InChI is InChI=1S/C56H35NO.C32H21Br.C25H16O.CH4/c1-3-15-36(16-4-1)54-45-23-7-8-24-46(45)55(37-17-5-2-6-18-37)50-34-39(29-31-47(50)54)38-19-13-20-41(33-38)57-51-27-11-9-21-43(51)49-35-40(30-32-52(49)57)42-25-14-26-48-44-22-10-12-28-53(44)58-56(42)48;33-26-15-9-14-24(20-26)25-18-19-29-30(21-25)32(23-12-5-2-6-13-23)28-17-8-7-16-27(28)31(29)22-10-3-1-4-11-22;1-2-7-19-16(6-1)14-17-12-13-18(15-23(17)19)20-9-5-10-22-21-8-3-4-11-24(21)26-25(20)22;/h1-35H;1-21H;1-13,15H,14H2;1H4. The van der Waals surface area contributed by atoms with Crippen molar-refractivity contribution in [1.82, 2.24) is 4.57 Å². The number of hydrogen-bond acceptors (Lipinski definition) is 2. The summed E-state index contributed by atoms with van der Waals surface area (Å²) in [6.07, 6.45) is 1.03. The smallest absolute Gasteiger partial charge is 0.143 e. The zero-order chi connectivity index (χ0) is 77.4. The van der Waals surface area contributed by atoms with Gasteiger partial charge >= 0.3 is 0 Å². The van der Waals surface area contributed by atoms with Crippen LogP contribution in [0.5, 0.6) is 0 Å². The molecule has 0 N–H and O–H groups in total. The highest BCUT2D eigenvalue weighted by Gasteiger charge is 2.24. The first-order chi connectivity index (χ1) is 58.0. The lowest BCUT2D eigenvalue weighted by molar-refractivity contribution is 0.669. The van der Waals surface area contributed by atoms with Crippen LogP contribution in [0.1, 0.15) is 18.6 Å². The van der Waals surface area contributed by atoms with Crippen molar-refractivity contribution in [3.8, 4) is 106 Å². The molecule has 0 saturated heterocycles. The van der Waals surface area contributed by atoms with Crippen LogP contribution >= 0.6 is 15.9 Å². The summed E-state index contributed by atoms with van der Waals surface area (Å²) in [6, 6.07) is 153. The van der Waals surface area contributed by atoms with Crippen LogP contribution in [0.2, 0.25) is 0 Å². The van der Waals surface area contributed by atoms with Gasteiger partial charge in [-0.3, -0.25) is 0 Å². The zero-order valence-corrected chi connectivity index (χ0v) is 65.3. The molecule has 118 heavy (non-hydrogen) atoms. The fourth-order valence-corrected chi connectivity index (χ4v) is 18.9. The Morgan fingerprint density at radius 1 is 0.203 bits per heavy atom. The summed E-state index contributed by atoms with van der Waals surface area (Å²) in [7, 11) is 0. The zero-order valence-electron chi connectivity index (χ0n) is 63.8. The Balaban J connectivity index is 0.000000121. The highest BCUT2D eigenvalue weighted by Crippen LogP contribution is 2.49.